The standard InChI is InChI=1S/C49H86O36/c1-66-36-22(57)15(8-50)74-44(24(36)59)81-31-17(10-52)76-46(26(61)38(31)68-3)83-33-19(12-54)78-48(28(63)40(33)70-5)85-35-21(14-56)79-49(29(64)42(35)72-7)84-34-20(13-55)77-47(27(62)41(34)71-6)82-32-18(11-53)75-45(25(60)39(32)69-4)80-30-16(9-51)73-43(65)23(58)37(30)67-2/h15-65H,8-14H2,1-7H3/t15-,16-,17-,18-,19-,20-,21-,22-,23+,24+,25+,26-,27+,28+,29+,30-,31-,32-,33-,34-,35-,36+,37-,38-,39-,40-,41-,42-,43+,44-,45-,46-,47-,48-,49-/m1/s1. The number of hydrogen-bond donors (Lipinski definition) is 16. The van der Waals surface area contributed by atoms with Crippen LogP contribution in [0.25, 0.3) is 0 Å². The van der Waals surface area contributed by atoms with Crippen LogP contribution in [0.15, 0.2) is 0 Å². The number of rotatable bonds is 26. The molecule has 0 aromatic heterocycles. The first-order valence-electron chi connectivity index (χ1n) is 27.4. The molecule has 7 fully saturated rings. The average Bonchev–Trinajstić information content (AvgIpc) is 2.78. The van der Waals surface area contributed by atoms with E-state index in [-0.39, 0.29) is 0 Å². The topological polar surface area (TPSA) is 508 Å². The maximum Gasteiger partial charge on any atom is 0.187 e. The van der Waals surface area contributed by atoms with Gasteiger partial charge >= 0.3 is 0 Å². The highest BCUT2D eigenvalue weighted by molar-refractivity contribution is 5.02. The Hall–Kier alpha value is -1.44. The molecule has 0 spiro atoms. The van der Waals surface area contributed by atoms with Gasteiger partial charge in [0, 0.05) is 49.8 Å². The van der Waals surface area contributed by atoms with Crippen LogP contribution in [0.1, 0.15) is 0 Å². The maximum atomic E-state index is 11.8. The number of aliphatic hydroxyl groups is 16. The zero-order valence-corrected chi connectivity index (χ0v) is 47.5. The van der Waals surface area contributed by atoms with Gasteiger partial charge in [0.05, 0.1) is 46.2 Å². The summed E-state index contributed by atoms with van der Waals surface area (Å²) in [6.07, 6.45) is -54.6. The number of hydrogen-bond acceptors (Lipinski definition) is 36. The summed E-state index contributed by atoms with van der Waals surface area (Å²) in [7, 11) is 8.25. The summed E-state index contributed by atoms with van der Waals surface area (Å²) in [6.45, 7) is -5.65. The molecule has 36 nitrogen and oxygen atoms in total. The van der Waals surface area contributed by atoms with Crippen LogP contribution in [0.3, 0.4) is 0 Å². The Balaban J connectivity index is 1.00. The minimum absolute atomic E-state index is 0.698. The highest BCUT2D eigenvalue weighted by Crippen LogP contribution is 2.39. The van der Waals surface area contributed by atoms with E-state index < -0.39 is 261 Å². The van der Waals surface area contributed by atoms with Gasteiger partial charge in [0.1, 0.15) is 171 Å². The van der Waals surface area contributed by atoms with Gasteiger partial charge in [0.15, 0.2) is 44.0 Å². The van der Waals surface area contributed by atoms with Crippen LogP contribution in [0, 0.1) is 0 Å². The van der Waals surface area contributed by atoms with Crippen molar-refractivity contribution >= 4 is 0 Å². The van der Waals surface area contributed by atoms with Crippen molar-refractivity contribution in [1.82, 2.24) is 0 Å². The summed E-state index contributed by atoms with van der Waals surface area (Å²) in [5.41, 5.74) is 0. The molecule has 85 heavy (non-hydrogen) atoms. The lowest BCUT2D eigenvalue weighted by molar-refractivity contribution is -0.400. The minimum Gasteiger partial charge on any atom is -0.394 e. The van der Waals surface area contributed by atoms with Gasteiger partial charge in [-0.25, -0.2) is 0 Å². The quantitative estimate of drug-likeness (QED) is 0.0382. The van der Waals surface area contributed by atoms with E-state index in [1.807, 2.05) is 0 Å². The fraction of sp³-hybridized carbons (Fsp3) is 1.00. The van der Waals surface area contributed by atoms with Gasteiger partial charge in [-0.2, -0.15) is 0 Å². The summed E-state index contributed by atoms with van der Waals surface area (Å²) in [6, 6.07) is 0. The van der Waals surface area contributed by atoms with Crippen molar-refractivity contribution in [3.05, 3.63) is 0 Å². The first kappa shape index (κ1) is 71.0. The summed E-state index contributed by atoms with van der Waals surface area (Å²) < 4.78 is 116. The lowest BCUT2D eigenvalue weighted by Crippen LogP contribution is -2.69. The van der Waals surface area contributed by atoms with Crippen LogP contribution in [-0.4, -0.2) is 393 Å². The van der Waals surface area contributed by atoms with E-state index in [0.717, 1.165) is 14.2 Å². The molecular formula is C49H86O36. The molecule has 0 aromatic rings. The summed E-state index contributed by atoms with van der Waals surface area (Å²) in [5, 5.41) is 173. The van der Waals surface area contributed by atoms with Crippen molar-refractivity contribution in [2.24, 2.45) is 0 Å². The van der Waals surface area contributed by atoms with Gasteiger partial charge < -0.3 is 176 Å². The Labute approximate surface area is 486 Å². The molecule has 0 bridgehead atoms. The minimum atomic E-state index is -1.86. The Bertz CT molecular complexity index is 1940. The smallest absolute Gasteiger partial charge is 0.187 e. The van der Waals surface area contributed by atoms with Gasteiger partial charge in [-0.05, 0) is 0 Å². The van der Waals surface area contributed by atoms with Crippen molar-refractivity contribution in [2.75, 3.05) is 96.0 Å². The van der Waals surface area contributed by atoms with Crippen molar-refractivity contribution < 1.29 is 176 Å². The summed E-state index contributed by atoms with van der Waals surface area (Å²) in [5.74, 6) is 0. The molecule has 35 atom stereocenters. The molecule has 7 rings (SSSR count). The predicted molar refractivity (Wildman–Crippen MR) is 265 cm³/mol. The highest BCUT2D eigenvalue weighted by atomic mass is 16.8. The van der Waals surface area contributed by atoms with E-state index in [9.17, 15) is 81.7 Å². The van der Waals surface area contributed by atoms with Gasteiger partial charge in [-0.15, -0.1) is 0 Å². The number of methoxy groups -OCH3 is 7. The Kier molecular flexibility index (Phi) is 26.9. The van der Waals surface area contributed by atoms with Crippen LogP contribution in [-0.2, 0) is 94.7 Å². The monoisotopic (exact) mass is 1250 g/mol. The predicted octanol–water partition coefficient (Wildman–Crippen LogP) is -11.7. The fourth-order valence-corrected chi connectivity index (χ4v) is 11.8. The normalized spacial score (nSPS) is 50.1. The second-order valence-electron chi connectivity index (χ2n) is 21.0. The van der Waals surface area contributed by atoms with Crippen molar-refractivity contribution in [3.8, 4) is 0 Å². The molecule has 0 aromatic carbocycles. The average molecular weight is 1250 g/mol. The van der Waals surface area contributed by atoms with E-state index in [0.29, 0.717) is 0 Å². The molecule has 0 amide bonds. The molecule has 36 heteroatoms. The second kappa shape index (κ2) is 32.2. The Morgan fingerprint density at radius 2 is 0.388 bits per heavy atom. The molecule has 7 saturated heterocycles. The van der Waals surface area contributed by atoms with Gasteiger partial charge in [0.2, 0.25) is 0 Å². The molecular weight excluding hydrogens is 1160 g/mol. The largest absolute Gasteiger partial charge is 0.394 e. The Morgan fingerprint density at radius 1 is 0.212 bits per heavy atom. The van der Waals surface area contributed by atoms with Crippen LogP contribution < -0.4 is 0 Å². The third-order valence-electron chi connectivity index (χ3n) is 16.3. The molecule has 0 unspecified atom stereocenters. The van der Waals surface area contributed by atoms with Crippen LogP contribution in [0.5, 0.6) is 0 Å². The second-order valence-corrected chi connectivity index (χ2v) is 21.0. The van der Waals surface area contributed by atoms with Gasteiger partial charge in [-0.1, -0.05) is 0 Å². The van der Waals surface area contributed by atoms with Gasteiger partial charge in [0.25, 0.3) is 0 Å². The van der Waals surface area contributed by atoms with Crippen LogP contribution in [0.2, 0.25) is 0 Å². The molecule has 16 N–H and O–H groups in total. The fourth-order valence-electron chi connectivity index (χ4n) is 11.8. The lowest BCUT2D eigenvalue weighted by Gasteiger charge is -2.51. The van der Waals surface area contributed by atoms with E-state index in [4.69, 9.17) is 94.7 Å². The molecule has 7 heterocycles. The Morgan fingerprint density at radius 3 is 0.588 bits per heavy atom. The van der Waals surface area contributed by atoms with Gasteiger partial charge in [-0.3, -0.25) is 0 Å². The first-order valence-corrected chi connectivity index (χ1v) is 27.4. The molecule has 0 aliphatic carbocycles. The van der Waals surface area contributed by atoms with E-state index in [1.54, 1.807) is 0 Å². The zero-order chi connectivity index (χ0) is 62.3. The number of ether oxygens (including phenoxy) is 20. The van der Waals surface area contributed by atoms with Crippen molar-refractivity contribution in [1.29, 1.82) is 0 Å². The summed E-state index contributed by atoms with van der Waals surface area (Å²) >= 11 is 0. The van der Waals surface area contributed by atoms with E-state index in [1.165, 1.54) is 35.5 Å². The molecule has 0 saturated carbocycles. The van der Waals surface area contributed by atoms with Crippen molar-refractivity contribution in [3.63, 3.8) is 0 Å². The van der Waals surface area contributed by atoms with Crippen LogP contribution >= 0.6 is 0 Å². The summed E-state index contributed by atoms with van der Waals surface area (Å²) in [4.78, 5) is 0. The third kappa shape index (κ3) is 14.8. The third-order valence-corrected chi connectivity index (χ3v) is 16.3. The maximum absolute atomic E-state index is 11.8. The van der Waals surface area contributed by atoms with Crippen LogP contribution in [0.4, 0.5) is 0 Å². The lowest BCUT2D eigenvalue weighted by atomic mass is 9.94. The SMILES string of the molecule is CO[C@@H]1[C@H](O)[C@@H](O[C@H]2[C@H](OC)[C@@H](O)[C@@H](O[C@H]3[C@H](OC)[C@H](O)[C@@H](O[C@H]4[C@H](OC)[C@H](O)[C@@H](O[C@H]5[C@H](OC)[C@H](O)[C@@H](O[C@H]6[C@H](OC)[C@H](O)[C@@H](O[C@H]7[C@H](OC)[C@H](O)[C@@H](O)O[C@@H]7CO)O[C@@H]6CO)O[C@@H]5CO)O[C@@H]4CO)O[C@@H]3CO)O[C@@H]2CO)O[C@H](CO)[C@H]1O. The molecule has 498 valence electrons. The molecule has 7 aliphatic rings. The first-order chi connectivity index (χ1) is 40.8. The number of aliphatic hydroxyl groups excluding tert-OH is 16. The van der Waals surface area contributed by atoms with Crippen molar-refractivity contribution in [2.45, 2.75) is 215 Å². The van der Waals surface area contributed by atoms with E-state index >= 15 is 0 Å². The zero-order valence-electron chi connectivity index (χ0n) is 47.5. The molecule has 0 radical (unpaired) electrons. The highest BCUT2D eigenvalue weighted by Gasteiger charge is 2.59. The van der Waals surface area contributed by atoms with E-state index in [2.05, 4.69) is 0 Å². The molecule has 7 aliphatic heterocycles.